The molecule has 0 spiro atoms. The largest absolute Gasteiger partial charge is 0.480 e. The Morgan fingerprint density at radius 1 is 1.07 bits per heavy atom. The summed E-state index contributed by atoms with van der Waals surface area (Å²) in [5, 5.41) is 11.0. The summed E-state index contributed by atoms with van der Waals surface area (Å²) in [6.07, 6.45) is 0. The molecular formula is C10H17NO4. The number of aliphatic carboxylic acids is 1. The third-order valence-corrected chi connectivity index (χ3v) is 1.97. The minimum atomic E-state index is -1.13. The molecule has 2 N–H and O–H groups in total. The fraction of sp³-hybridized carbons (Fsp3) is 0.700. The Kier molecular flexibility index (Phi) is 4.97. The summed E-state index contributed by atoms with van der Waals surface area (Å²) in [5.74, 6) is -3.24. The zero-order valence-electron chi connectivity index (χ0n) is 9.40. The van der Waals surface area contributed by atoms with Crippen LogP contribution < -0.4 is 5.32 Å². The van der Waals surface area contributed by atoms with Crippen LogP contribution in [0.5, 0.6) is 0 Å². The van der Waals surface area contributed by atoms with Crippen molar-refractivity contribution in [2.45, 2.75) is 33.7 Å². The van der Waals surface area contributed by atoms with Gasteiger partial charge in [0.2, 0.25) is 5.78 Å². The number of carbonyl (C=O) groups excluding carboxylic acids is 2. The van der Waals surface area contributed by atoms with Gasteiger partial charge in [0.15, 0.2) is 0 Å². The zero-order chi connectivity index (χ0) is 12.2. The van der Waals surface area contributed by atoms with E-state index >= 15 is 0 Å². The number of hydrogen-bond acceptors (Lipinski definition) is 3. The van der Waals surface area contributed by atoms with Crippen LogP contribution in [0.3, 0.4) is 0 Å². The SMILES string of the molecule is CC(C)C(=O)C(=O)N[C@H](C(=O)O)C(C)C. The first-order chi connectivity index (χ1) is 6.77. The molecule has 0 aromatic carbocycles. The van der Waals surface area contributed by atoms with Gasteiger partial charge in [0.05, 0.1) is 0 Å². The number of rotatable bonds is 5. The van der Waals surface area contributed by atoms with Crippen LogP contribution in [0, 0.1) is 11.8 Å². The van der Waals surface area contributed by atoms with Crippen LogP contribution in [-0.4, -0.2) is 28.8 Å². The molecule has 0 saturated heterocycles. The van der Waals surface area contributed by atoms with E-state index in [-0.39, 0.29) is 5.92 Å². The fourth-order valence-electron chi connectivity index (χ4n) is 0.988. The molecule has 86 valence electrons. The average molecular weight is 215 g/mol. The van der Waals surface area contributed by atoms with E-state index in [1.807, 2.05) is 0 Å². The third kappa shape index (κ3) is 4.10. The smallest absolute Gasteiger partial charge is 0.326 e. The molecule has 0 fully saturated rings. The topological polar surface area (TPSA) is 83.5 Å². The van der Waals surface area contributed by atoms with Gasteiger partial charge < -0.3 is 10.4 Å². The summed E-state index contributed by atoms with van der Waals surface area (Å²) >= 11 is 0. The van der Waals surface area contributed by atoms with E-state index in [9.17, 15) is 14.4 Å². The molecule has 0 aliphatic heterocycles. The Hall–Kier alpha value is -1.39. The molecule has 1 amide bonds. The van der Waals surface area contributed by atoms with Gasteiger partial charge in [-0.25, -0.2) is 4.79 Å². The normalized spacial score (nSPS) is 12.7. The summed E-state index contributed by atoms with van der Waals surface area (Å²) in [4.78, 5) is 33.2. The Morgan fingerprint density at radius 3 is 1.80 bits per heavy atom. The molecule has 0 aromatic rings. The van der Waals surface area contributed by atoms with Crippen molar-refractivity contribution in [3.05, 3.63) is 0 Å². The first-order valence-electron chi connectivity index (χ1n) is 4.84. The van der Waals surface area contributed by atoms with Crippen molar-refractivity contribution in [1.29, 1.82) is 0 Å². The van der Waals surface area contributed by atoms with Crippen LogP contribution in [0.25, 0.3) is 0 Å². The van der Waals surface area contributed by atoms with Gasteiger partial charge in [-0.3, -0.25) is 9.59 Å². The van der Waals surface area contributed by atoms with Crippen molar-refractivity contribution in [3.63, 3.8) is 0 Å². The minimum absolute atomic E-state index is 0.258. The second-order valence-electron chi connectivity index (χ2n) is 4.05. The summed E-state index contributed by atoms with van der Waals surface area (Å²) in [6.45, 7) is 6.51. The van der Waals surface area contributed by atoms with E-state index in [1.165, 1.54) is 0 Å². The highest BCUT2D eigenvalue weighted by molar-refractivity contribution is 6.37. The van der Waals surface area contributed by atoms with E-state index in [1.54, 1.807) is 27.7 Å². The highest BCUT2D eigenvalue weighted by Crippen LogP contribution is 2.03. The van der Waals surface area contributed by atoms with E-state index in [4.69, 9.17) is 5.11 Å². The number of carboxylic acids is 1. The molecule has 5 heteroatoms. The van der Waals surface area contributed by atoms with Gasteiger partial charge in [0.1, 0.15) is 6.04 Å². The predicted octanol–water partition coefficient (Wildman–Crippen LogP) is 0.437. The van der Waals surface area contributed by atoms with Crippen LogP contribution in [0.15, 0.2) is 0 Å². The quantitative estimate of drug-likeness (QED) is 0.652. The lowest BCUT2D eigenvalue weighted by Crippen LogP contribution is -2.47. The Balaban J connectivity index is 4.50. The van der Waals surface area contributed by atoms with Crippen LogP contribution in [0.4, 0.5) is 0 Å². The lowest BCUT2D eigenvalue weighted by Gasteiger charge is -2.17. The van der Waals surface area contributed by atoms with E-state index in [0.29, 0.717) is 0 Å². The van der Waals surface area contributed by atoms with Crippen molar-refractivity contribution < 1.29 is 19.5 Å². The van der Waals surface area contributed by atoms with Crippen molar-refractivity contribution in [2.75, 3.05) is 0 Å². The van der Waals surface area contributed by atoms with Crippen LogP contribution in [-0.2, 0) is 14.4 Å². The maximum absolute atomic E-state index is 11.3. The van der Waals surface area contributed by atoms with Gasteiger partial charge in [-0.2, -0.15) is 0 Å². The molecule has 0 saturated carbocycles. The Morgan fingerprint density at radius 2 is 1.53 bits per heavy atom. The van der Waals surface area contributed by atoms with Crippen LogP contribution >= 0.6 is 0 Å². The molecule has 15 heavy (non-hydrogen) atoms. The van der Waals surface area contributed by atoms with E-state index in [0.717, 1.165) is 0 Å². The highest BCUT2D eigenvalue weighted by atomic mass is 16.4. The summed E-state index contributed by atoms with van der Waals surface area (Å²) in [6, 6.07) is -1.01. The molecule has 0 unspecified atom stereocenters. The van der Waals surface area contributed by atoms with Gasteiger partial charge in [-0.05, 0) is 5.92 Å². The predicted molar refractivity (Wildman–Crippen MR) is 54.2 cm³/mol. The molecule has 1 atom stereocenters. The zero-order valence-corrected chi connectivity index (χ0v) is 9.40. The van der Waals surface area contributed by atoms with Gasteiger partial charge in [0.25, 0.3) is 5.91 Å². The van der Waals surface area contributed by atoms with Crippen molar-refractivity contribution in [3.8, 4) is 0 Å². The molecule has 0 rings (SSSR count). The monoisotopic (exact) mass is 215 g/mol. The summed E-state index contributed by atoms with van der Waals surface area (Å²) in [7, 11) is 0. The molecule has 0 bridgehead atoms. The number of amides is 1. The van der Waals surface area contributed by atoms with Crippen molar-refractivity contribution in [2.24, 2.45) is 11.8 Å². The fourth-order valence-corrected chi connectivity index (χ4v) is 0.988. The van der Waals surface area contributed by atoms with Crippen molar-refractivity contribution >= 4 is 17.7 Å². The third-order valence-electron chi connectivity index (χ3n) is 1.97. The number of carboxylic acid groups (broad SMARTS) is 1. The standard InChI is InChI=1S/C10H17NO4/c1-5(2)7(10(14)15)11-9(13)8(12)6(3)4/h5-7H,1-4H3,(H,11,13)(H,14,15)/t7-/m0/s1. The second-order valence-corrected chi connectivity index (χ2v) is 4.05. The van der Waals surface area contributed by atoms with E-state index < -0.39 is 29.6 Å². The Bertz CT molecular complexity index is 271. The summed E-state index contributed by atoms with van der Waals surface area (Å²) < 4.78 is 0. The molecule has 0 aromatic heterocycles. The lowest BCUT2D eigenvalue weighted by molar-refractivity contribution is -0.146. The number of Topliss-reactive ketones (excluding diaryl/α,β-unsaturated/α-hetero) is 1. The molecule has 0 aliphatic rings. The molecule has 5 nitrogen and oxygen atoms in total. The number of nitrogens with one attached hydrogen (secondary N) is 1. The lowest BCUT2D eigenvalue weighted by atomic mass is 10.0. The average Bonchev–Trinajstić information content (AvgIpc) is 2.11. The van der Waals surface area contributed by atoms with Crippen LogP contribution in [0.1, 0.15) is 27.7 Å². The van der Waals surface area contributed by atoms with Gasteiger partial charge in [-0.1, -0.05) is 27.7 Å². The highest BCUT2D eigenvalue weighted by Gasteiger charge is 2.27. The van der Waals surface area contributed by atoms with Crippen LogP contribution in [0.2, 0.25) is 0 Å². The second kappa shape index (κ2) is 5.48. The molecule has 0 aliphatic carbocycles. The van der Waals surface area contributed by atoms with Crippen molar-refractivity contribution in [1.82, 2.24) is 5.32 Å². The number of carbonyl (C=O) groups is 3. The maximum Gasteiger partial charge on any atom is 0.326 e. The molecule has 0 heterocycles. The summed E-state index contributed by atoms with van der Waals surface area (Å²) in [5.41, 5.74) is 0. The number of hydrogen-bond donors (Lipinski definition) is 2. The van der Waals surface area contributed by atoms with Gasteiger partial charge in [-0.15, -0.1) is 0 Å². The maximum atomic E-state index is 11.3. The van der Waals surface area contributed by atoms with E-state index in [2.05, 4.69) is 5.32 Å². The molecule has 0 radical (unpaired) electrons. The first kappa shape index (κ1) is 13.6. The van der Waals surface area contributed by atoms with Gasteiger partial charge >= 0.3 is 5.97 Å². The Labute approximate surface area is 88.9 Å². The minimum Gasteiger partial charge on any atom is -0.480 e. The number of ketones is 1. The molecular weight excluding hydrogens is 198 g/mol. The first-order valence-corrected chi connectivity index (χ1v) is 4.84. The van der Waals surface area contributed by atoms with Gasteiger partial charge in [0, 0.05) is 5.92 Å².